The molecular weight excluding hydrogens is 248 g/mol. The van der Waals surface area contributed by atoms with Crippen molar-refractivity contribution < 1.29 is 4.79 Å². The molecule has 1 amide bonds. The highest BCUT2D eigenvalue weighted by Crippen LogP contribution is 2.14. The summed E-state index contributed by atoms with van der Waals surface area (Å²) >= 11 is 0. The SMILES string of the molecule is CC(CNC(=O)[C@@H](N)c1ccccc1)c1ccccc1. The van der Waals surface area contributed by atoms with Crippen LogP contribution in [0.2, 0.25) is 0 Å². The summed E-state index contributed by atoms with van der Waals surface area (Å²) in [5.41, 5.74) is 7.99. The maximum Gasteiger partial charge on any atom is 0.241 e. The van der Waals surface area contributed by atoms with E-state index in [1.54, 1.807) is 0 Å². The van der Waals surface area contributed by atoms with Gasteiger partial charge in [-0.15, -0.1) is 0 Å². The van der Waals surface area contributed by atoms with Gasteiger partial charge in [-0.05, 0) is 17.0 Å². The molecular formula is C17H20N2O. The van der Waals surface area contributed by atoms with Gasteiger partial charge >= 0.3 is 0 Å². The molecule has 0 radical (unpaired) electrons. The first kappa shape index (κ1) is 14.3. The number of carbonyl (C=O) groups excluding carboxylic acids is 1. The van der Waals surface area contributed by atoms with Crippen LogP contribution < -0.4 is 11.1 Å². The lowest BCUT2D eigenvalue weighted by molar-refractivity contribution is -0.122. The molecule has 3 nitrogen and oxygen atoms in total. The molecule has 2 aromatic rings. The molecule has 20 heavy (non-hydrogen) atoms. The highest BCUT2D eigenvalue weighted by molar-refractivity contribution is 5.82. The van der Waals surface area contributed by atoms with Crippen LogP contribution in [0.5, 0.6) is 0 Å². The van der Waals surface area contributed by atoms with Crippen molar-refractivity contribution >= 4 is 5.91 Å². The summed E-state index contributed by atoms with van der Waals surface area (Å²) in [6, 6.07) is 18.9. The van der Waals surface area contributed by atoms with E-state index in [1.807, 2.05) is 48.5 Å². The van der Waals surface area contributed by atoms with Crippen LogP contribution >= 0.6 is 0 Å². The van der Waals surface area contributed by atoms with Gasteiger partial charge in [-0.3, -0.25) is 4.79 Å². The zero-order chi connectivity index (χ0) is 14.4. The van der Waals surface area contributed by atoms with E-state index < -0.39 is 6.04 Å². The molecule has 3 heteroatoms. The van der Waals surface area contributed by atoms with Crippen molar-refractivity contribution in [3.8, 4) is 0 Å². The molecule has 104 valence electrons. The lowest BCUT2D eigenvalue weighted by atomic mass is 10.0. The van der Waals surface area contributed by atoms with Crippen LogP contribution in [0.25, 0.3) is 0 Å². The number of nitrogens with two attached hydrogens (primary N) is 1. The number of hydrogen-bond donors (Lipinski definition) is 2. The monoisotopic (exact) mass is 268 g/mol. The minimum Gasteiger partial charge on any atom is -0.354 e. The summed E-state index contributed by atoms with van der Waals surface area (Å²) in [6.45, 7) is 2.67. The molecule has 0 fully saturated rings. The molecule has 0 aromatic heterocycles. The summed E-state index contributed by atoms with van der Waals surface area (Å²) in [5.74, 6) is 0.127. The van der Waals surface area contributed by atoms with Gasteiger partial charge in [0.2, 0.25) is 5.91 Å². The topological polar surface area (TPSA) is 55.1 Å². The van der Waals surface area contributed by atoms with Gasteiger partial charge in [-0.2, -0.15) is 0 Å². The number of amides is 1. The fraction of sp³-hybridized carbons (Fsp3) is 0.235. The third-order valence-corrected chi connectivity index (χ3v) is 3.39. The molecule has 2 atom stereocenters. The second-order valence-corrected chi connectivity index (χ2v) is 4.95. The molecule has 1 unspecified atom stereocenters. The Morgan fingerprint density at radius 2 is 1.50 bits per heavy atom. The van der Waals surface area contributed by atoms with E-state index in [9.17, 15) is 4.79 Å². The van der Waals surface area contributed by atoms with Crippen LogP contribution in [0.4, 0.5) is 0 Å². The summed E-state index contributed by atoms with van der Waals surface area (Å²) in [6.07, 6.45) is 0. The Hall–Kier alpha value is -2.13. The second-order valence-electron chi connectivity index (χ2n) is 4.95. The molecule has 0 bridgehead atoms. The lowest BCUT2D eigenvalue weighted by Gasteiger charge is -2.16. The standard InChI is InChI=1S/C17H20N2O/c1-13(14-8-4-2-5-9-14)12-19-17(20)16(18)15-10-6-3-7-11-15/h2-11,13,16H,12,18H2,1H3,(H,19,20)/t13?,16-/m0/s1. The van der Waals surface area contributed by atoms with E-state index in [0.29, 0.717) is 6.54 Å². The van der Waals surface area contributed by atoms with Crippen LogP contribution in [0, 0.1) is 0 Å². The Kier molecular flexibility index (Phi) is 4.91. The maximum atomic E-state index is 12.0. The predicted molar refractivity (Wildman–Crippen MR) is 81.2 cm³/mol. The quantitative estimate of drug-likeness (QED) is 0.875. The summed E-state index contributed by atoms with van der Waals surface area (Å²) < 4.78 is 0. The first-order valence-corrected chi connectivity index (χ1v) is 6.81. The fourth-order valence-electron chi connectivity index (χ4n) is 2.07. The summed E-state index contributed by atoms with van der Waals surface area (Å²) in [7, 11) is 0. The first-order chi connectivity index (χ1) is 9.68. The first-order valence-electron chi connectivity index (χ1n) is 6.81. The number of carbonyl (C=O) groups is 1. The van der Waals surface area contributed by atoms with Crippen LogP contribution in [0.3, 0.4) is 0 Å². The van der Waals surface area contributed by atoms with E-state index in [-0.39, 0.29) is 11.8 Å². The van der Waals surface area contributed by atoms with Gasteiger partial charge in [0.1, 0.15) is 6.04 Å². The van der Waals surface area contributed by atoms with Crippen molar-refractivity contribution in [2.75, 3.05) is 6.54 Å². The predicted octanol–water partition coefficient (Wildman–Crippen LogP) is 2.61. The lowest BCUT2D eigenvalue weighted by Crippen LogP contribution is -2.36. The van der Waals surface area contributed by atoms with Crippen molar-refractivity contribution in [2.45, 2.75) is 18.9 Å². The van der Waals surface area contributed by atoms with Crippen molar-refractivity contribution in [3.05, 3.63) is 71.8 Å². The van der Waals surface area contributed by atoms with Crippen LogP contribution in [0.15, 0.2) is 60.7 Å². The number of benzene rings is 2. The van der Waals surface area contributed by atoms with E-state index in [1.165, 1.54) is 5.56 Å². The van der Waals surface area contributed by atoms with Gasteiger partial charge in [0.25, 0.3) is 0 Å². The van der Waals surface area contributed by atoms with Gasteiger partial charge in [0, 0.05) is 6.54 Å². The number of nitrogens with one attached hydrogen (secondary N) is 1. The van der Waals surface area contributed by atoms with E-state index in [4.69, 9.17) is 5.73 Å². The van der Waals surface area contributed by atoms with Gasteiger partial charge in [-0.1, -0.05) is 67.6 Å². The molecule has 0 saturated heterocycles. The zero-order valence-corrected chi connectivity index (χ0v) is 11.6. The van der Waals surface area contributed by atoms with E-state index >= 15 is 0 Å². The minimum atomic E-state index is -0.612. The highest BCUT2D eigenvalue weighted by Gasteiger charge is 2.16. The Morgan fingerprint density at radius 1 is 1.00 bits per heavy atom. The number of hydrogen-bond acceptors (Lipinski definition) is 2. The Morgan fingerprint density at radius 3 is 2.05 bits per heavy atom. The van der Waals surface area contributed by atoms with Gasteiger partial charge in [0.15, 0.2) is 0 Å². The molecule has 0 heterocycles. The third kappa shape index (κ3) is 3.68. The van der Waals surface area contributed by atoms with Crippen LogP contribution in [-0.4, -0.2) is 12.5 Å². The maximum absolute atomic E-state index is 12.0. The van der Waals surface area contributed by atoms with Gasteiger partial charge in [-0.25, -0.2) is 0 Å². The molecule has 0 saturated carbocycles. The van der Waals surface area contributed by atoms with E-state index in [2.05, 4.69) is 24.4 Å². The third-order valence-electron chi connectivity index (χ3n) is 3.39. The van der Waals surface area contributed by atoms with Crippen molar-refractivity contribution in [3.63, 3.8) is 0 Å². The van der Waals surface area contributed by atoms with Crippen LogP contribution in [-0.2, 0) is 4.79 Å². The van der Waals surface area contributed by atoms with E-state index in [0.717, 1.165) is 5.56 Å². The summed E-state index contributed by atoms with van der Waals surface area (Å²) in [4.78, 5) is 12.0. The van der Waals surface area contributed by atoms with Crippen molar-refractivity contribution in [1.82, 2.24) is 5.32 Å². The Bertz CT molecular complexity index is 539. The molecule has 0 spiro atoms. The smallest absolute Gasteiger partial charge is 0.241 e. The molecule has 0 aliphatic heterocycles. The summed E-state index contributed by atoms with van der Waals surface area (Å²) in [5, 5.41) is 2.92. The normalized spacial score (nSPS) is 13.5. The van der Waals surface area contributed by atoms with Gasteiger partial charge < -0.3 is 11.1 Å². The Balaban J connectivity index is 1.89. The number of rotatable bonds is 5. The fourth-order valence-corrected chi connectivity index (χ4v) is 2.07. The van der Waals surface area contributed by atoms with Crippen molar-refractivity contribution in [2.24, 2.45) is 5.73 Å². The average molecular weight is 268 g/mol. The molecule has 0 aliphatic rings. The largest absolute Gasteiger partial charge is 0.354 e. The van der Waals surface area contributed by atoms with Crippen molar-refractivity contribution in [1.29, 1.82) is 0 Å². The second kappa shape index (κ2) is 6.87. The molecule has 2 rings (SSSR count). The van der Waals surface area contributed by atoms with Gasteiger partial charge in [0.05, 0.1) is 0 Å². The molecule has 3 N–H and O–H groups in total. The minimum absolute atomic E-state index is 0.140. The zero-order valence-electron chi connectivity index (χ0n) is 11.6. The Labute approximate surface area is 119 Å². The molecule has 2 aromatic carbocycles. The average Bonchev–Trinajstić information content (AvgIpc) is 2.53. The molecule has 0 aliphatic carbocycles. The highest BCUT2D eigenvalue weighted by atomic mass is 16.2. The van der Waals surface area contributed by atoms with Crippen LogP contribution in [0.1, 0.15) is 30.0 Å².